The first-order valence-corrected chi connectivity index (χ1v) is 6.45. The largest absolute Gasteiger partial charge is 0.480 e. The van der Waals surface area contributed by atoms with Gasteiger partial charge in [-0.05, 0) is 34.1 Å². The van der Waals surface area contributed by atoms with Crippen LogP contribution in [-0.2, 0) is 4.79 Å². The first-order chi connectivity index (χ1) is 7.71. The molecule has 0 aromatic heterocycles. The maximum atomic E-state index is 11.4. The standard InChI is InChI=1S/C13H26N2O2/c1-6-13(5,11(16)17)15-9-7-14(8-10-15)12(2,3)4/h6-10H2,1-5H3,(H,16,17). The van der Waals surface area contributed by atoms with Crippen LogP contribution in [-0.4, -0.2) is 58.1 Å². The van der Waals surface area contributed by atoms with Crippen molar-refractivity contribution in [3.63, 3.8) is 0 Å². The van der Waals surface area contributed by atoms with Crippen LogP contribution in [0, 0.1) is 0 Å². The predicted molar refractivity (Wildman–Crippen MR) is 69.2 cm³/mol. The lowest BCUT2D eigenvalue weighted by molar-refractivity contribution is -0.152. The molecule has 0 aromatic carbocycles. The Balaban J connectivity index is 2.66. The number of hydrogen-bond donors (Lipinski definition) is 1. The second-order valence-corrected chi connectivity index (χ2v) is 6.08. The van der Waals surface area contributed by atoms with Crippen LogP contribution in [0.25, 0.3) is 0 Å². The van der Waals surface area contributed by atoms with Crippen LogP contribution < -0.4 is 0 Å². The Morgan fingerprint density at radius 1 is 1.06 bits per heavy atom. The number of carbonyl (C=O) groups is 1. The normalized spacial score (nSPS) is 23.4. The fraction of sp³-hybridized carbons (Fsp3) is 0.923. The molecule has 1 saturated heterocycles. The van der Waals surface area contributed by atoms with Gasteiger partial charge in [-0.15, -0.1) is 0 Å². The summed E-state index contributed by atoms with van der Waals surface area (Å²) in [5.41, 5.74) is -0.526. The zero-order chi connectivity index (χ0) is 13.3. The summed E-state index contributed by atoms with van der Waals surface area (Å²) in [5, 5.41) is 9.36. The van der Waals surface area contributed by atoms with E-state index in [0.29, 0.717) is 6.42 Å². The lowest BCUT2D eigenvalue weighted by Crippen LogP contribution is -2.61. The van der Waals surface area contributed by atoms with Gasteiger partial charge in [0.15, 0.2) is 0 Å². The van der Waals surface area contributed by atoms with Crippen LogP contribution in [0.2, 0.25) is 0 Å². The maximum absolute atomic E-state index is 11.4. The van der Waals surface area contributed by atoms with Crippen molar-refractivity contribution in [2.75, 3.05) is 26.2 Å². The minimum Gasteiger partial charge on any atom is -0.480 e. The van der Waals surface area contributed by atoms with E-state index in [0.717, 1.165) is 26.2 Å². The van der Waals surface area contributed by atoms with Gasteiger partial charge in [0.2, 0.25) is 0 Å². The second-order valence-electron chi connectivity index (χ2n) is 6.08. The molecule has 0 amide bonds. The summed E-state index contributed by atoms with van der Waals surface area (Å²) in [7, 11) is 0. The molecule has 0 radical (unpaired) electrons. The number of aliphatic carboxylic acids is 1. The number of carboxylic acids is 1. The van der Waals surface area contributed by atoms with Crippen LogP contribution in [0.5, 0.6) is 0 Å². The van der Waals surface area contributed by atoms with E-state index in [9.17, 15) is 9.90 Å². The van der Waals surface area contributed by atoms with Gasteiger partial charge in [0.1, 0.15) is 5.54 Å². The van der Waals surface area contributed by atoms with Crippen molar-refractivity contribution in [2.45, 2.75) is 52.1 Å². The Morgan fingerprint density at radius 2 is 1.47 bits per heavy atom. The van der Waals surface area contributed by atoms with E-state index in [2.05, 4.69) is 30.6 Å². The number of hydrogen-bond acceptors (Lipinski definition) is 3. The lowest BCUT2D eigenvalue weighted by atomic mass is 9.94. The molecule has 1 rings (SSSR count). The SMILES string of the molecule is CCC(C)(C(=O)O)N1CCN(C(C)(C)C)CC1. The Morgan fingerprint density at radius 3 is 1.76 bits per heavy atom. The summed E-state index contributed by atoms with van der Waals surface area (Å²) in [6.45, 7) is 14.0. The monoisotopic (exact) mass is 242 g/mol. The van der Waals surface area contributed by atoms with Crippen LogP contribution in [0.1, 0.15) is 41.0 Å². The zero-order valence-corrected chi connectivity index (χ0v) is 11.8. The molecular formula is C13H26N2O2. The van der Waals surface area contributed by atoms with E-state index >= 15 is 0 Å². The smallest absolute Gasteiger partial charge is 0.323 e. The van der Waals surface area contributed by atoms with Gasteiger partial charge in [-0.3, -0.25) is 14.6 Å². The average molecular weight is 242 g/mol. The molecule has 4 heteroatoms. The third-order valence-corrected chi connectivity index (χ3v) is 4.08. The molecule has 1 fully saturated rings. The van der Waals surface area contributed by atoms with Crippen molar-refractivity contribution in [1.82, 2.24) is 9.80 Å². The Bertz CT molecular complexity index is 278. The fourth-order valence-corrected chi connectivity index (χ4v) is 2.38. The first kappa shape index (κ1) is 14.5. The van der Waals surface area contributed by atoms with Crippen LogP contribution in [0.3, 0.4) is 0 Å². The molecule has 4 nitrogen and oxygen atoms in total. The molecule has 0 saturated carbocycles. The van der Waals surface area contributed by atoms with E-state index in [1.54, 1.807) is 0 Å². The van der Waals surface area contributed by atoms with Crippen molar-refractivity contribution in [3.05, 3.63) is 0 Å². The van der Waals surface area contributed by atoms with Crippen molar-refractivity contribution in [3.8, 4) is 0 Å². The average Bonchev–Trinajstić information content (AvgIpc) is 2.26. The third kappa shape index (κ3) is 2.99. The Kier molecular flexibility index (Phi) is 4.20. The molecule has 1 aliphatic rings. The molecule has 0 spiro atoms. The summed E-state index contributed by atoms with van der Waals surface area (Å²) in [6.07, 6.45) is 0.651. The fourth-order valence-electron chi connectivity index (χ4n) is 2.38. The molecule has 1 aliphatic heterocycles. The van der Waals surface area contributed by atoms with Gasteiger partial charge in [0.05, 0.1) is 0 Å². The molecule has 0 aromatic rings. The van der Waals surface area contributed by atoms with Crippen LogP contribution in [0.15, 0.2) is 0 Å². The van der Waals surface area contributed by atoms with Gasteiger partial charge < -0.3 is 5.11 Å². The van der Waals surface area contributed by atoms with Gasteiger partial charge in [-0.25, -0.2) is 0 Å². The highest BCUT2D eigenvalue weighted by atomic mass is 16.4. The van der Waals surface area contributed by atoms with E-state index in [1.807, 2.05) is 13.8 Å². The summed E-state index contributed by atoms with van der Waals surface area (Å²) >= 11 is 0. The van der Waals surface area contributed by atoms with Gasteiger partial charge in [-0.1, -0.05) is 6.92 Å². The zero-order valence-electron chi connectivity index (χ0n) is 11.8. The van der Waals surface area contributed by atoms with Gasteiger partial charge >= 0.3 is 5.97 Å². The second kappa shape index (κ2) is 4.94. The third-order valence-electron chi connectivity index (χ3n) is 4.08. The Hall–Kier alpha value is -0.610. The maximum Gasteiger partial charge on any atom is 0.323 e. The number of piperazine rings is 1. The quantitative estimate of drug-likeness (QED) is 0.817. The van der Waals surface area contributed by atoms with Gasteiger partial charge in [0, 0.05) is 31.7 Å². The highest BCUT2D eigenvalue weighted by Gasteiger charge is 2.40. The molecule has 1 N–H and O–H groups in total. The molecule has 0 bridgehead atoms. The molecular weight excluding hydrogens is 216 g/mol. The highest BCUT2D eigenvalue weighted by molar-refractivity contribution is 5.78. The van der Waals surface area contributed by atoms with Gasteiger partial charge in [-0.2, -0.15) is 0 Å². The van der Waals surface area contributed by atoms with E-state index < -0.39 is 11.5 Å². The van der Waals surface area contributed by atoms with Crippen molar-refractivity contribution >= 4 is 5.97 Å². The summed E-state index contributed by atoms with van der Waals surface area (Å²) in [5.74, 6) is -0.704. The summed E-state index contributed by atoms with van der Waals surface area (Å²) < 4.78 is 0. The van der Waals surface area contributed by atoms with Crippen molar-refractivity contribution < 1.29 is 9.90 Å². The number of nitrogens with zero attached hydrogens (tertiary/aromatic N) is 2. The lowest BCUT2D eigenvalue weighted by Gasteiger charge is -2.47. The number of rotatable bonds is 3. The molecule has 1 atom stereocenters. The molecule has 17 heavy (non-hydrogen) atoms. The molecule has 0 aliphatic carbocycles. The topological polar surface area (TPSA) is 43.8 Å². The molecule has 1 unspecified atom stereocenters. The number of carboxylic acid groups (broad SMARTS) is 1. The van der Waals surface area contributed by atoms with Crippen molar-refractivity contribution in [1.29, 1.82) is 0 Å². The first-order valence-electron chi connectivity index (χ1n) is 6.45. The van der Waals surface area contributed by atoms with E-state index in [4.69, 9.17) is 0 Å². The Labute approximate surface area is 105 Å². The van der Waals surface area contributed by atoms with Gasteiger partial charge in [0.25, 0.3) is 0 Å². The van der Waals surface area contributed by atoms with Crippen LogP contribution >= 0.6 is 0 Å². The van der Waals surface area contributed by atoms with Crippen molar-refractivity contribution in [2.24, 2.45) is 0 Å². The molecule has 100 valence electrons. The van der Waals surface area contributed by atoms with Crippen LogP contribution in [0.4, 0.5) is 0 Å². The van der Waals surface area contributed by atoms with E-state index in [-0.39, 0.29) is 5.54 Å². The minimum absolute atomic E-state index is 0.179. The summed E-state index contributed by atoms with van der Waals surface area (Å²) in [6, 6.07) is 0. The molecule has 1 heterocycles. The predicted octanol–water partition coefficient (Wildman–Crippen LogP) is 1.66. The highest BCUT2D eigenvalue weighted by Crippen LogP contribution is 2.24. The minimum atomic E-state index is -0.704. The van der Waals surface area contributed by atoms with E-state index in [1.165, 1.54) is 0 Å². The summed E-state index contributed by atoms with van der Waals surface area (Å²) in [4.78, 5) is 15.9.